The van der Waals surface area contributed by atoms with E-state index in [2.05, 4.69) is 24.1 Å². The lowest BCUT2D eigenvalue weighted by atomic mass is 9.78. The quantitative estimate of drug-likeness (QED) is 0.767. The minimum atomic E-state index is -0.130. The number of rotatable bonds is 6. The first kappa shape index (κ1) is 21.9. The summed E-state index contributed by atoms with van der Waals surface area (Å²) in [5, 5.41) is 3.79. The normalized spacial score (nSPS) is 25.0. The number of carbonyl (C=O) groups excluding carboxylic acids is 2. The number of hydrogen-bond donors (Lipinski definition) is 1. The monoisotopic (exact) mass is 421 g/mol. The Hall–Kier alpha value is -1.79. The van der Waals surface area contributed by atoms with Crippen LogP contribution in [0.2, 0.25) is 5.02 Å². The van der Waals surface area contributed by atoms with Gasteiger partial charge in [-0.2, -0.15) is 0 Å². The summed E-state index contributed by atoms with van der Waals surface area (Å²) in [4.78, 5) is 28.6. The summed E-state index contributed by atoms with van der Waals surface area (Å²) in [6.45, 7) is 7.10. The molecule has 0 unspecified atom stereocenters. The lowest BCUT2D eigenvalue weighted by Gasteiger charge is -2.36. The second kappa shape index (κ2) is 10.3. The van der Waals surface area contributed by atoms with Crippen molar-refractivity contribution in [2.75, 3.05) is 44.3 Å². The van der Waals surface area contributed by atoms with Gasteiger partial charge in [-0.25, -0.2) is 0 Å². The largest absolute Gasteiger partial charge is 0.368 e. The lowest BCUT2D eigenvalue weighted by Crippen LogP contribution is -2.50. The molecule has 1 heterocycles. The average Bonchev–Trinajstić information content (AvgIpc) is 2.71. The fraction of sp³-hybridized carbons (Fsp3) is 0.636. The van der Waals surface area contributed by atoms with E-state index in [9.17, 15) is 9.59 Å². The highest BCUT2D eigenvalue weighted by Crippen LogP contribution is 2.29. The summed E-state index contributed by atoms with van der Waals surface area (Å²) >= 11 is 6.06. The molecule has 0 spiro atoms. The van der Waals surface area contributed by atoms with Crippen LogP contribution in [0.25, 0.3) is 0 Å². The number of hydrogen-bond acceptors (Lipinski definition) is 4. The summed E-state index contributed by atoms with van der Waals surface area (Å²) in [5.41, 5.74) is 1.07. The van der Waals surface area contributed by atoms with Crippen LogP contribution in [0, 0.1) is 11.8 Å². The third-order valence-electron chi connectivity index (χ3n) is 6.32. The first-order valence-corrected chi connectivity index (χ1v) is 11.0. The maximum Gasteiger partial charge on any atom is 0.248 e. The first-order chi connectivity index (χ1) is 13.9. The first-order valence-electron chi connectivity index (χ1n) is 10.6. The van der Waals surface area contributed by atoms with Crippen molar-refractivity contribution in [1.82, 2.24) is 10.2 Å². The number of ether oxygens (including phenoxy) is 1. The zero-order valence-electron chi connectivity index (χ0n) is 17.4. The molecule has 160 valence electrons. The third-order valence-corrected chi connectivity index (χ3v) is 6.55. The molecule has 0 bridgehead atoms. The molecule has 2 amide bonds. The summed E-state index contributed by atoms with van der Waals surface area (Å²) in [6.07, 6.45) is 3.40. The Morgan fingerprint density at radius 2 is 1.90 bits per heavy atom. The summed E-state index contributed by atoms with van der Waals surface area (Å²) in [5.74, 6) is 0.907. The van der Waals surface area contributed by atoms with Gasteiger partial charge in [0, 0.05) is 42.9 Å². The van der Waals surface area contributed by atoms with Crippen molar-refractivity contribution < 1.29 is 14.3 Å². The van der Waals surface area contributed by atoms with Crippen LogP contribution in [0.5, 0.6) is 0 Å². The van der Waals surface area contributed by atoms with Crippen molar-refractivity contribution in [3.63, 3.8) is 0 Å². The number of nitrogens with one attached hydrogen (secondary N) is 1. The van der Waals surface area contributed by atoms with Gasteiger partial charge in [0.2, 0.25) is 11.8 Å². The molecule has 6 nitrogen and oxygen atoms in total. The predicted molar refractivity (Wildman–Crippen MR) is 115 cm³/mol. The van der Waals surface area contributed by atoms with Crippen molar-refractivity contribution in [3.05, 3.63) is 29.3 Å². The van der Waals surface area contributed by atoms with E-state index in [1.165, 1.54) is 6.42 Å². The fourth-order valence-corrected chi connectivity index (χ4v) is 4.43. The molecule has 1 aromatic rings. The van der Waals surface area contributed by atoms with Crippen molar-refractivity contribution in [3.8, 4) is 0 Å². The van der Waals surface area contributed by atoms with Crippen molar-refractivity contribution >= 4 is 29.1 Å². The molecule has 1 aliphatic heterocycles. The second-order valence-electron chi connectivity index (χ2n) is 8.28. The molecule has 0 aromatic heterocycles. The number of amides is 2. The highest BCUT2D eigenvalue weighted by molar-refractivity contribution is 6.30. The van der Waals surface area contributed by atoms with Gasteiger partial charge in [-0.1, -0.05) is 44.4 Å². The van der Waals surface area contributed by atoms with Gasteiger partial charge in [0.05, 0.1) is 0 Å². The minimum Gasteiger partial charge on any atom is -0.368 e. The second-order valence-corrected chi connectivity index (χ2v) is 8.72. The zero-order valence-corrected chi connectivity index (χ0v) is 18.2. The van der Waals surface area contributed by atoms with Crippen molar-refractivity contribution in [2.45, 2.75) is 39.2 Å². The molecule has 0 radical (unpaired) electrons. The summed E-state index contributed by atoms with van der Waals surface area (Å²) < 4.78 is 5.41. The molecular formula is C22H32ClN3O3. The molecular weight excluding hydrogens is 390 g/mol. The van der Waals surface area contributed by atoms with E-state index >= 15 is 0 Å². The highest BCUT2D eigenvalue weighted by Gasteiger charge is 2.28. The van der Waals surface area contributed by atoms with Crippen LogP contribution < -0.4 is 10.2 Å². The number of carbonyl (C=O) groups is 2. The number of halogens is 1. The van der Waals surface area contributed by atoms with E-state index in [4.69, 9.17) is 16.3 Å². The maximum absolute atomic E-state index is 12.4. The molecule has 1 N–H and O–H groups in total. The fourth-order valence-electron chi connectivity index (χ4n) is 4.24. The Kier molecular flexibility index (Phi) is 7.78. The van der Waals surface area contributed by atoms with Crippen LogP contribution in [0.3, 0.4) is 0 Å². The number of piperazine rings is 1. The summed E-state index contributed by atoms with van der Waals surface area (Å²) in [7, 11) is 0. The van der Waals surface area contributed by atoms with Gasteiger partial charge < -0.3 is 19.9 Å². The Labute approximate surface area is 178 Å². The minimum absolute atomic E-state index is 0.0544. The van der Waals surface area contributed by atoms with Crippen LogP contribution in [0.15, 0.2) is 24.3 Å². The predicted octanol–water partition coefficient (Wildman–Crippen LogP) is 2.95. The van der Waals surface area contributed by atoms with E-state index in [1.807, 2.05) is 24.3 Å². The zero-order chi connectivity index (χ0) is 20.8. The average molecular weight is 422 g/mol. The van der Waals surface area contributed by atoms with E-state index < -0.39 is 0 Å². The van der Waals surface area contributed by atoms with Crippen molar-refractivity contribution in [2.24, 2.45) is 11.8 Å². The topological polar surface area (TPSA) is 61.9 Å². The SMILES string of the molecule is C[C@@H]1[C@H](C)CCC[C@H]1NC(=O)COCC(=O)N1CCN(c2cccc(Cl)c2)CC1. The van der Waals surface area contributed by atoms with Gasteiger partial charge >= 0.3 is 0 Å². The van der Waals surface area contributed by atoms with Crippen LogP contribution in [-0.2, 0) is 14.3 Å². The van der Waals surface area contributed by atoms with Gasteiger partial charge in [-0.05, 0) is 36.5 Å². The third kappa shape index (κ3) is 6.09. The number of nitrogens with zero attached hydrogens (tertiary/aromatic N) is 2. The van der Waals surface area contributed by atoms with Gasteiger partial charge in [0.15, 0.2) is 0 Å². The Morgan fingerprint density at radius 3 is 2.62 bits per heavy atom. The maximum atomic E-state index is 12.4. The Bertz CT molecular complexity index is 706. The van der Waals surface area contributed by atoms with Crippen LogP contribution in [0.1, 0.15) is 33.1 Å². The van der Waals surface area contributed by atoms with Gasteiger partial charge in [-0.3, -0.25) is 9.59 Å². The highest BCUT2D eigenvalue weighted by atomic mass is 35.5. The van der Waals surface area contributed by atoms with Crippen LogP contribution in [-0.4, -0.2) is 62.1 Å². The molecule has 1 saturated carbocycles. The lowest BCUT2D eigenvalue weighted by molar-refractivity contribution is -0.138. The van der Waals surface area contributed by atoms with Crippen LogP contribution in [0.4, 0.5) is 5.69 Å². The van der Waals surface area contributed by atoms with Gasteiger partial charge in [-0.15, -0.1) is 0 Å². The molecule has 3 rings (SSSR count). The van der Waals surface area contributed by atoms with E-state index in [-0.39, 0.29) is 31.1 Å². The Morgan fingerprint density at radius 1 is 1.14 bits per heavy atom. The number of benzene rings is 1. The van der Waals surface area contributed by atoms with Crippen molar-refractivity contribution in [1.29, 1.82) is 0 Å². The standard InChI is InChI=1S/C22H32ClN3O3/c1-16-5-3-8-20(17(16)2)24-21(27)14-29-15-22(28)26-11-9-25(10-12-26)19-7-4-6-18(23)13-19/h4,6-7,13,16-17,20H,3,5,8-12,14-15H2,1-2H3,(H,24,27)/t16-,17-,20-/m1/s1. The number of anilines is 1. The molecule has 2 fully saturated rings. The molecule has 29 heavy (non-hydrogen) atoms. The Balaban J connectivity index is 1.35. The molecule has 3 atom stereocenters. The van der Waals surface area contributed by atoms with Gasteiger partial charge in [0.1, 0.15) is 13.2 Å². The van der Waals surface area contributed by atoms with E-state index in [0.29, 0.717) is 29.9 Å². The molecule has 1 saturated heterocycles. The van der Waals surface area contributed by atoms with E-state index in [1.54, 1.807) is 4.90 Å². The molecule has 7 heteroatoms. The molecule has 1 aliphatic carbocycles. The molecule has 2 aliphatic rings. The van der Waals surface area contributed by atoms with Gasteiger partial charge in [0.25, 0.3) is 0 Å². The smallest absolute Gasteiger partial charge is 0.248 e. The summed E-state index contributed by atoms with van der Waals surface area (Å²) in [6, 6.07) is 7.97. The van der Waals surface area contributed by atoms with Crippen LogP contribution >= 0.6 is 11.6 Å². The molecule has 1 aromatic carbocycles. The van der Waals surface area contributed by atoms with E-state index in [0.717, 1.165) is 31.6 Å².